The molecule has 0 radical (unpaired) electrons. The van der Waals surface area contributed by atoms with Crippen LogP contribution in [0.3, 0.4) is 0 Å². The molecule has 2 rings (SSSR count). The van der Waals surface area contributed by atoms with E-state index in [1.807, 2.05) is 11.0 Å². The van der Waals surface area contributed by atoms with Gasteiger partial charge in [-0.1, -0.05) is 63.3 Å². The number of rotatable bonds is 9. The second-order valence-corrected chi connectivity index (χ2v) is 6.73. The van der Waals surface area contributed by atoms with Crippen molar-refractivity contribution in [1.29, 1.82) is 0 Å². The number of fused-ring (bicyclic) bond motifs is 1. The third-order valence-electron chi connectivity index (χ3n) is 4.70. The molecule has 0 saturated carbocycles. The standard InChI is InChI=1S/C20H32N4O.HI/c1-2-3-4-5-6-9-13-22-20(21)23-15-19(25)24-14-12-17-10-7-8-11-18(17)16-24;/h7-8,10-11H,2-6,9,12-16H2,1H3,(H3,21,22,23);1H. The van der Waals surface area contributed by atoms with Crippen molar-refractivity contribution in [3.63, 3.8) is 0 Å². The highest BCUT2D eigenvalue weighted by atomic mass is 127. The summed E-state index contributed by atoms with van der Waals surface area (Å²) in [6, 6.07) is 8.31. The molecule has 0 bridgehead atoms. The summed E-state index contributed by atoms with van der Waals surface area (Å²) >= 11 is 0. The third-order valence-corrected chi connectivity index (χ3v) is 4.70. The number of guanidine groups is 1. The van der Waals surface area contributed by atoms with E-state index in [1.165, 1.54) is 43.2 Å². The highest BCUT2D eigenvalue weighted by Crippen LogP contribution is 2.18. The maximum atomic E-state index is 12.3. The number of amides is 1. The Bertz CT molecular complexity index is 577. The molecular weight excluding hydrogens is 439 g/mol. The Balaban J connectivity index is 0.00000338. The Hall–Kier alpha value is -1.31. The Morgan fingerprint density at radius 2 is 1.85 bits per heavy atom. The first-order valence-corrected chi connectivity index (χ1v) is 9.59. The minimum absolute atomic E-state index is 0. The Morgan fingerprint density at radius 3 is 2.62 bits per heavy atom. The van der Waals surface area contributed by atoms with Gasteiger partial charge in [-0.2, -0.15) is 0 Å². The van der Waals surface area contributed by atoms with Crippen molar-refractivity contribution in [1.82, 2.24) is 10.2 Å². The van der Waals surface area contributed by atoms with E-state index in [9.17, 15) is 4.79 Å². The second kappa shape index (κ2) is 12.9. The summed E-state index contributed by atoms with van der Waals surface area (Å²) in [7, 11) is 0. The topological polar surface area (TPSA) is 70.7 Å². The van der Waals surface area contributed by atoms with Gasteiger partial charge in [0.15, 0.2) is 5.96 Å². The molecule has 1 aromatic rings. The number of carbonyl (C=O) groups excluding carboxylic acids is 1. The zero-order chi connectivity index (χ0) is 17.9. The molecular formula is C20H33IN4O. The van der Waals surface area contributed by atoms with Crippen molar-refractivity contribution in [2.45, 2.75) is 58.4 Å². The Morgan fingerprint density at radius 1 is 1.15 bits per heavy atom. The van der Waals surface area contributed by atoms with Gasteiger partial charge in [0.1, 0.15) is 6.54 Å². The van der Waals surface area contributed by atoms with Crippen LogP contribution in [0, 0.1) is 0 Å². The fourth-order valence-electron chi connectivity index (χ4n) is 3.14. The van der Waals surface area contributed by atoms with Crippen LogP contribution in [-0.2, 0) is 17.8 Å². The number of nitrogens with zero attached hydrogens (tertiary/aromatic N) is 2. The molecule has 1 amide bonds. The monoisotopic (exact) mass is 472 g/mol. The van der Waals surface area contributed by atoms with Crippen molar-refractivity contribution in [2.75, 3.05) is 19.6 Å². The number of nitrogens with two attached hydrogens (primary N) is 1. The Labute approximate surface area is 174 Å². The van der Waals surface area contributed by atoms with Gasteiger partial charge in [-0.25, -0.2) is 4.99 Å². The first kappa shape index (κ1) is 22.7. The van der Waals surface area contributed by atoms with Crippen molar-refractivity contribution in [2.24, 2.45) is 10.7 Å². The van der Waals surface area contributed by atoms with E-state index >= 15 is 0 Å². The van der Waals surface area contributed by atoms with Gasteiger partial charge in [0.25, 0.3) is 0 Å². The number of halogens is 1. The summed E-state index contributed by atoms with van der Waals surface area (Å²) in [5.41, 5.74) is 8.44. The largest absolute Gasteiger partial charge is 0.370 e. The number of hydrogen-bond donors (Lipinski definition) is 2. The number of carbonyl (C=O) groups is 1. The lowest BCUT2D eigenvalue weighted by atomic mass is 10.00. The smallest absolute Gasteiger partial charge is 0.244 e. The van der Waals surface area contributed by atoms with Gasteiger partial charge >= 0.3 is 0 Å². The van der Waals surface area contributed by atoms with Gasteiger partial charge in [0, 0.05) is 19.6 Å². The molecule has 1 aliphatic rings. The van der Waals surface area contributed by atoms with E-state index < -0.39 is 0 Å². The molecule has 0 saturated heterocycles. The summed E-state index contributed by atoms with van der Waals surface area (Å²) in [5, 5.41) is 3.10. The summed E-state index contributed by atoms with van der Waals surface area (Å²) in [6.45, 7) is 4.61. The SMILES string of the molecule is CCCCCCCCNC(N)=NCC(=O)N1CCc2ccccc2C1.I. The fraction of sp³-hybridized carbons (Fsp3) is 0.600. The number of nitrogens with one attached hydrogen (secondary N) is 1. The van der Waals surface area contributed by atoms with Crippen LogP contribution in [0.15, 0.2) is 29.3 Å². The summed E-state index contributed by atoms with van der Waals surface area (Å²) in [6.07, 6.45) is 8.41. The molecule has 3 N–H and O–H groups in total. The fourth-order valence-corrected chi connectivity index (χ4v) is 3.14. The van der Waals surface area contributed by atoms with Crippen LogP contribution in [0.4, 0.5) is 0 Å². The van der Waals surface area contributed by atoms with Crippen molar-refractivity contribution in [3.05, 3.63) is 35.4 Å². The van der Waals surface area contributed by atoms with E-state index in [2.05, 4.69) is 35.4 Å². The first-order valence-electron chi connectivity index (χ1n) is 9.59. The zero-order valence-electron chi connectivity index (χ0n) is 15.9. The van der Waals surface area contributed by atoms with E-state index in [-0.39, 0.29) is 36.4 Å². The first-order chi connectivity index (χ1) is 12.2. The normalized spacial score (nSPS) is 13.7. The van der Waals surface area contributed by atoms with Crippen LogP contribution < -0.4 is 11.1 Å². The minimum atomic E-state index is 0. The maximum absolute atomic E-state index is 12.3. The molecule has 5 nitrogen and oxygen atoms in total. The zero-order valence-corrected chi connectivity index (χ0v) is 18.2. The number of benzene rings is 1. The van der Waals surface area contributed by atoms with Crippen molar-refractivity contribution in [3.8, 4) is 0 Å². The van der Waals surface area contributed by atoms with Crippen LogP contribution >= 0.6 is 24.0 Å². The molecule has 0 unspecified atom stereocenters. The maximum Gasteiger partial charge on any atom is 0.244 e. The van der Waals surface area contributed by atoms with Crippen LogP contribution in [-0.4, -0.2) is 36.4 Å². The highest BCUT2D eigenvalue weighted by Gasteiger charge is 2.19. The lowest BCUT2D eigenvalue weighted by Crippen LogP contribution is -2.39. The third kappa shape index (κ3) is 7.93. The van der Waals surface area contributed by atoms with Crippen molar-refractivity contribution >= 4 is 35.8 Å². The average Bonchev–Trinajstić information content (AvgIpc) is 2.65. The Kier molecular flexibility index (Phi) is 11.3. The lowest BCUT2D eigenvalue weighted by Gasteiger charge is -2.28. The van der Waals surface area contributed by atoms with Crippen LogP contribution in [0.25, 0.3) is 0 Å². The average molecular weight is 472 g/mol. The van der Waals surface area contributed by atoms with Gasteiger partial charge in [0.2, 0.25) is 5.91 Å². The number of hydrogen-bond acceptors (Lipinski definition) is 2. The summed E-state index contributed by atoms with van der Waals surface area (Å²) in [4.78, 5) is 18.4. The molecule has 0 atom stereocenters. The lowest BCUT2D eigenvalue weighted by molar-refractivity contribution is -0.130. The predicted octanol–water partition coefficient (Wildman–Crippen LogP) is 3.45. The van der Waals surface area contributed by atoms with Gasteiger partial charge in [-0.15, -0.1) is 24.0 Å². The molecule has 0 aromatic heterocycles. The van der Waals surface area contributed by atoms with E-state index in [4.69, 9.17) is 5.73 Å². The molecule has 26 heavy (non-hydrogen) atoms. The molecule has 6 heteroatoms. The van der Waals surface area contributed by atoms with Gasteiger partial charge in [-0.3, -0.25) is 4.79 Å². The molecule has 0 aliphatic carbocycles. The van der Waals surface area contributed by atoms with Crippen LogP contribution in [0.5, 0.6) is 0 Å². The van der Waals surface area contributed by atoms with E-state index in [0.717, 1.165) is 25.9 Å². The molecule has 0 spiro atoms. The molecule has 1 aliphatic heterocycles. The minimum Gasteiger partial charge on any atom is -0.370 e. The summed E-state index contributed by atoms with van der Waals surface area (Å²) < 4.78 is 0. The second-order valence-electron chi connectivity index (χ2n) is 6.73. The summed E-state index contributed by atoms with van der Waals surface area (Å²) in [5.74, 6) is 0.415. The highest BCUT2D eigenvalue weighted by molar-refractivity contribution is 14.0. The number of aliphatic imine (C=N–C) groups is 1. The molecule has 146 valence electrons. The van der Waals surface area contributed by atoms with Gasteiger partial charge < -0.3 is 16.0 Å². The molecule has 1 heterocycles. The van der Waals surface area contributed by atoms with E-state index in [1.54, 1.807) is 0 Å². The molecule has 0 fully saturated rings. The molecule has 1 aromatic carbocycles. The quantitative estimate of drug-likeness (QED) is 0.250. The van der Waals surface area contributed by atoms with E-state index in [0.29, 0.717) is 12.5 Å². The predicted molar refractivity (Wildman–Crippen MR) is 119 cm³/mol. The van der Waals surface area contributed by atoms with Crippen LogP contribution in [0.2, 0.25) is 0 Å². The number of unbranched alkanes of at least 4 members (excludes halogenated alkanes) is 5. The van der Waals surface area contributed by atoms with Gasteiger partial charge in [0.05, 0.1) is 0 Å². The van der Waals surface area contributed by atoms with Crippen molar-refractivity contribution < 1.29 is 4.79 Å². The van der Waals surface area contributed by atoms with Gasteiger partial charge in [-0.05, 0) is 24.0 Å². The van der Waals surface area contributed by atoms with Crippen LogP contribution in [0.1, 0.15) is 56.6 Å².